The summed E-state index contributed by atoms with van der Waals surface area (Å²) < 4.78 is 11.4. The molecule has 1 aromatic rings. The van der Waals surface area contributed by atoms with E-state index in [2.05, 4.69) is 22.6 Å². The van der Waals surface area contributed by atoms with Gasteiger partial charge in [-0.05, 0) is 54.6 Å². The van der Waals surface area contributed by atoms with Crippen LogP contribution in [0.3, 0.4) is 0 Å². The van der Waals surface area contributed by atoms with Crippen LogP contribution in [0.15, 0.2) is 18.2 Å². The first-order chi connectivity index (χ1) is 8.63. The van der Waals surface area contributed by atoms with E-state index in [0.29, 0.717) is 24.4 Å². The molecule has 0 unspecified atom stereocenters. The Morgan fingerprint density at radius 2 is 2.00 bits per heavy atom. The molecule has 0 fully saturated rings. The highest BCUT2D eigenvalue weighted by molar-refractivity contribution is 14.1. The van der Waals surface area contributed by atoms with Gasteiger partial charge in [-0.2, -0.15) is 0 Å². The summed E-state index contributed by atoms with van der Waals surface area (Å²) in [6.07, 6.45) is 0. The van der Waals surface area contributed by atoms with Crippen LogP contribution in [0, 0.1) is 3.57 Å². The Balaban J connectivity index is 3.02. The number of hydrogen-bond donors (Lipinski definition) is 0. The first kappa shape index (κ1) is 15.2. The topological polar surface area (TPSA) is 38.8 Å². The predicted molar refractivity (Wildman–Crippen MR) is 78.9 cm³/mol. The second-order valence-electron chi connectivity index (χ2n) is 3.67. The Morgan fingerprint density at radius 1 is 1.33 bits per heavy atom. The van der Waals surface area contributed by atoms with Crippen molar-refractivity contribution in [3.63, 3.8) is 0 Å². The lowest BCUT2D eigenvalue weighted by Crippen LogP contribution is -2.30. The van der Waals surface area contributed by atoms with Gasteiger partial charge in [-0.15, -0.1) is 0 Å². The van der Waals surface area contributed by atoms with Crippen molar-refractivity contribution in [2.45, 2.75) is 13.8 Å². The Bertz CT molecular complexity index is 405. The second kappa shape index (κ2) is 7.58. The molecule has 0 bridgehead atoms. The molecule has 5 heteroatoms. The molecule has 0 saturated heterocycles. The van der Waals surface area contributed by atoms with Crippen LogP contribution in [0.5, 0.6) is 5.75 Å². The van der Waals surface area contributed by atoms with Gasteiger partial charge in [0.05, 0.1) is 5.56 Å². The smallest absolute Gasteiger partial charge is 0.257 e. The zero-order chi connectivity index (χ0) is 13.5. The molecule has 0 atom stereocenters. The maximum Gasteiger partial charge on any atom is 0.257 e. The second-order valence-corrected chi connectivity index (χ2v) is 4.91. The van der Waals surface area contributed by atoms with Crippen molar-refractivity contribution in [2.24, 2.45) is 0 Å². The molecule has 100 valence electrons. The average Bonchev–Trinajstić information content (AvgIpc) is 2.37. The fourth-order valence-electron chi connectivity index (χ4n) is 1.60. The maximum absolute atomic E-state index is 12.3. The molecule has 0 aliphatic rings. The van der Waals surface area contributed by atoms with Gasteiger partial charge < -0.3 is 14.4 Å². The van der Waals surface area contributed by atoms with E-state index in [1.54, 1.807) is 18.1 Å². The van der Waals surface area contributed by atoms with Gasteiger partial charge in [0.15, 0.2) is 6.79 Å². The quantitative estimate of drug-likeness (QED) is 0.576. The van der Waals surface area contributed by atoms with Gasteiger partial charge in [0.2, 0.25) is 0 Å². The number of rotatable bonds is 6. The molecular formula is C13H18INO3. The van der Waals surface area contributed by atoms with E-state index in [4.69, 9.17) is 9.47 Å². The third-order valence-corrected chi connectivity index (χ3v) is 3.23. The van der Waals surface area contributed by atoms with Gasteiger partial charge in [-0.3, -0.25) is 4.79 Å². The lowest BCUT2D eigenvalue weighted by molar-refractivity contribution is 0.0491. The zero-order valence-electron chi connectivity index (χ0n) is 10.9. The molecule has 0 N–H and O–H groups in total. The molecule has 0 heterocycles. The van der Waals surface area contributed by atoms with E-state index in [1.165, 1.54) is 0 Å². The highest BCUT2D eigenvalue weighted by Crippen LogP contribution is 2.23. The highest BCUT2D eigenvalue weighted by Gasteiger charge is 2.17. The molecule has 0 aromatic heterocycles. The van der Waals surface area contributed by atoms with Crippen LogP contribution < -0.4 is 4.74 Å². The van der Waals surface area contributed by atoms with Gasteiger partial charge in [-0.25, -0.2) is 0 Å². The number of hydrogen-bond acceptors (Lipinski definition) is 3. The summed E-state index contributed by atoms with van der Waals surface area (Å²) in [7, 11) is 1.56. The number of nitrogens with zero attached hydrogens (tertiary/aromatic N) is 1. The number of carbonyl (C=O) groups is 1. The maximum atomic E-state index is 12.3. The van der Waals surface area contributed by atoms with Gasteiger partial charge >= 0.3 is 0 Å². The third kappa shape index (κ3) is 3.84. The summed E-state index contributed by atoms with van der Waals surface area (Å²) in [5.74, 6) is 0.558. The van der Waals surface area contributed by atoms with Gasteiger partial charge in [0, 0.05) is 23.8 Å². The minimum atomic E-state index is -0.0116. The zero-order valence-corrected chi connectivity index (χ0v) is 13.1. The number of benzene rings is 1. The van der Waals surface area contributed by atoms with Crippen LogP contribution in [0.4, 0.5) is 0 Å². The third-order valence-electron chi connectivity index (χ3n) is 2.56. The van der Waals surface area contributed by atoms with Crippen LogP contribution in [-0.4, -0.2) is 37.8 Å². The summed E-state index contributed by atoms with van der Waals surface area (Å²) in [5.41, 5.74) is 0.580. The summed E-state index contributed by atoms with van der Waals surface area (Å²) in [6.45, 7) is 5.43. The molecule has 18 heavy (non-hydrogen) atoms. The summed E-state index contributed by atoms with van der Waals surface area (Å²) >= 11 is 2.19. The van der Waals surface area contributed by atoms with Crippen molar-refractivity contribution < 1.29 is 14.3 Å². The normalized spacial score (nSPS) is 10.2. The van der Waals surface area contributed by atoms with Crippen LogP contribution in [-0.2, 0) is 4.74 Å². The van der Waals surface area contributed by atoms with Crippen LogP contribution in [0.25, 0.3) is 0 Å². The van der Waals surface area contributed by atoms with E-state index in [1.807, 2.05) is 26.0 Å². The molecule has 1 amide bonds. The molecular weight excluding hydrogens is 345 g/mol. The van der Waals surface area contributed by atoms with Crippen LogP contribution in [0.2, 0.25) is 0 Å². The first-order valence-corrected chi connectivity index (χ1v) is 6.92. The van der Waals surface area contributed by atoms with Crippen molar-refractivity contribution in [3.8, 4) is 5.75 Å². The van der Waals surface area contributed by atoms with E-state index in [-0.39, 0.29) is 12.7 Å². The number of amides is 1. The van der Waals surface area contributed by atoms with Gasteiger partial charge in [0.25, 0.3) is 5.91 Å². The molecule has 0 aliphatic carbocycles. The first-order valence-electron chi connectivity index (χ1n) is 5.84. The Morgan fingerprint density at radius 3 is 2.56 bits per heavy atom. The number of methoxy groups -OCH3 is 1. The van der Waals surface area contributed by atoms with E-state index < -0.39 is 0 Å². The summed E-state index contributed by atoms with van der Waals surface area (Å²) in [4.78, 5) is 14.1. The molecule has 1 rings (SSSR count). The van der Waals surface area contributed by atoms with Crippen molar-refractivity contribution in [3.05, 3.63) is 27.3 Å². The predicted octanol–water partition coefficient (Wildman–Crippen LogP) is 2.76. The highest BCUT2D eigenvalue weighted by atomic mass is 127. The molecule has 0 spiro atoms. The number of ether oxygens (including phenoxy) is 2. The minimum Gasteiger partial charge on any atom is -0.467 e. The fraction of sp³-hybridized carbons (Fsp3) is 0.462. The van der Waals surface area contributed by atoms with E-state index in [9.17, 15) is 4.79 Å². The van der Waals surface area contributed by atoms with Crippen molar-refractivity contribution in [1.82, 2.24) is 4.90 Å². The van der Waals surface area contributed by atoms with Gasteiger partial charge in [-0.1, -0.05) is 0 Å². The Hall–Kier alpha value is -0.820. The Labute approximate surface area is 121 Å². The summed E-state index contributed by atoms with van der Waals surface area (Å²) in [5, 5.41) is 0. The lowest BCUT2D eigenvalue weighted by Gasteiger charge is -2.20. The van der Waals surface area contributed by atoms with Crippen molar-refractivity contribution >= 4 is 28.5 Å². The summed E-state index contributed by atoms with van der Waals surface area (Å²) in [6, 6.07) is 5.54. The average molecular weight is 363 g/mol. The van der Waals surface area contributed by atoms with Crippen LogP contribution in [0.1, 0.15) is 24.2 Å². The fourth-order valence-corrected chi connectivity index (χ4v) is 2.06. The molecule has 0 aliphatic heterocycles. The number of halogens is 1. The lowest BCUT2D eigenvalue weighted by atomic mass is 10.1. The minimum absolute atomic E-state index is 0.0116. The SMILES string of the molecule is CCN(CC)C(=O)c1ccc(I)cc1OCOC. The molecule has 4 nitrogen and oxygen atoms in total. The van der Waals surface area contributed by atoms with Gasteiger partial charge in [0.1, 0.15) is 5.75 Å². The molecule has 0 saturated carbocycles. The van der Waals surface area contributed by atoms with Crippen LogP contribution >= 0.6 is 22.6 Å². The molecule has 0 radical (unpaired) electrons. The van der Waals surface area contributed by atoms with E-state index >= 15 is 0 Å². The Kier molecular flexibility index (Phi) is 6.42. The standard InChI is InChI=1S/C13H18INO3/c1-4-15(5-2)13(16)11-7-6-10(14)8-12(11)18-9-17-3/h6-8H,4-5,9H2,1-3H3. The van der Waals surface area contributed by atoms with E-state index in [0.717, 1.165) is 3.57 Å². The van der Waals surface area contributed by atoms with Crippen molar-refractivity contribution in [1.29, 1.82) is 0 Å². The largest absolute Gasteiger partial charge is 0.467 e. The van der Waals surface area contributed by atoms with Crippen molar-refractivity contribution in [2.75, 3.05) is 27.0 Å². The number of carbonyl (C=O) groups excluding carboxylic acids is 1. The molecule has 1 aromatic carbocycles. The monoisotopic (exact) mass is 363 g/mol.